The third-order valence-corrected chi connectivity index (χ3v) is 28.2. The van der Waals surface area contributed by atoms with Gasteiger partial charge in [-0.2, -0.15) is 0 Å². The van der Waals surface area contributed by atoms with Crippen LogP contribution >= 0.6 is 0 Å². The minimum atomic E-state index is 0.506. The molecule has 0 bridgehead atoms. The molecule has 0 aliphatic heterocycles. The van der Waals surface area contributed by atoms with Crippen molar-refractivity contribution in [3.8, 4) is 158 Å². The maximum Gasteiger partial charge on any atom is 0.164 e. The van der Waals surface area contributed by atoms with Gasteiger partial charge in [-0.25, -0.2) is 29.9 Å². The number of benzene rings is 22. The van der Waals surface area contributed by atoms with Crippen molar-refractivity contribution in [2.45, 2.75) is 0 Å². The third-order valence-electron chi connectivity index (χ3n) is 28.2. The molecule has 140 heavy (non-hydrogen) atoms. The molecule has 0 aliphatic carbocycles. The van der Waals surface area contributed by atoms with Crippen molar-refractivity contribution in [1.29, 1.82) is 0 Å². The Balaban J connectivity index is 0.625. The Hall–Kier alpha value is -18.9. The van der Waals surface area contributed by atoms with Gasteiger partial charge in [-0.05, 0) is 224 Å². The van der Waals surface area contributed by atoms with Crippen molar-refractivity contribution in [3.63, 3.8) is 0 Å². The van der Waals surface area contributed by atoms with Crippen LogP contribution in [0.1, 0.15) is 0 Å². The van der Waals surface area contributed by atoms with Gasteiger partial charge in [0.2, 0.25) is 0 Å². The van der Waals surface area contributed by atoms with Gasteiger partial charge in [-0.1, -0.05) is 370 Å². The first kappa shape index (κ1) is 79.6. The monoisotopic (exact) mass is 1780 g/mol. The fourth-order valence-electron chi connectivity index (χ4n) is 21.8. The molecule has 0 amide bonds. The van der Waals surface area contributed by atoms with E-state index in [2.05, 4.69) is 470 Å². The van der Waals surface area contributed by atoms with Crippen LogP contribution in [0.5, 0.6) is 0 Å². The van der Waals surface area contributed by atoms with E-state index in [0.29, 0.717) is 34.9 Å². The lowest BCUT2D eigenvalue weighted by Crippen LogP contribution is -2.04. The molecule has 650 valence electrons. The predicted octanol–water partition coefficient (Wildman–Crippen LogP) is 34.3. The Morgan fingerprint density at radius 2 is 0.443 bits per heavy atom. The van der Waals surface area contributed by atoms with Gasteiger partial charge in [0.05, 0.1) is 22.1 Å². The lowest BCUT2D eigenvalue weighted by Gasteiger charge is -2.18. The van der Waals surface area contributed by atoms with Crippen molar-refractivity contribution in [3.05, 3.63) is 473 Å². The van der Waals surface area contributed by atoms with Crippen molar-refractivity contribution in [1.82, 2.24) is 39.0 Å². The molecule has 6 heterocycles. The number of rotatable bonds is 15. The van der Waals surface area contributed by atoms with Crippen LogP contribution in [0.15, 0.2) is 482 Å². The summed E-state index contributed by atoms with van der Waals surface area (Å²) in [5.41, 5.74) is 28.9. The lowest BCUT2D eigenvalue weighted by atomic mass is 9.92. The number of furan rings is 2. The third kappa shape index (κ3) is 13.2. The van der Waals surface area contributed by atoms with Gasteiger partial charge < -0.3 is 18.0 Å². The van der Waals surface area contributed by atoms with Crippen LogP contribution in [0.3, 0.4) is 0 Å². The molecule has 0 aliphatic rings. The fraction of sp³-hybridized carbons (Fsp3) is 0. The van der Waals surface area contributed by atoms with Gasteiger partial charge in [0.15, 0.2) is 34.9 Å². The quantitative estimate of drug-likeness (QED) is 0.0997. The molecule has 0 atom stereocenters. The van der Waals surface area contributed by atoms with E-state index in [0.717, 1.165) is 242 Å². The van der Waals surface area contributed by atoms with Gasteiger partial charge in [-0.15, -0.1) is 0 Å². The Morgan fingerprint density at radius 1 is 0.143 bits per heavy atom. The number of nitrogens with zero attached hydrogens (tertiary/aromatic N) is 8. The minimum Gasteiger partial charge on any atom is -0.456 e. The average molecular weight is 1780 g/mol. The first-order chi connectivity index (χ1) is 69.4. The second-order valence-electron chi connectivity index (χ2n) is 36.2. The van der Waals surface area contributed by atoms with Crippen LogP contribution in [0.4, 0.5) is 0 Å². The van der Waals surface area contributed by atoms with E-state index in [9.17, 15) is 0 Å². The summed E-state index contributed by atoms with van der Waals surface area (Å²) >= 11 is 0. The Morgan fingerprint density at radius 3 is 0.914 bits per heavy atom. The van der Waals surface area contributed by atoms with Gasteiger partial charge >= 0.3 is 0 Å². The highest BCUT2D eigenvalue weighted by atomic mass is 16.3. The topological polar surface area (TPSA) is 113 Å². The normalized spacial score (nSPS) is 11.9. The zero-order chi connectivity index (χ0) is 92.0. The Labute approximate surface area is 803 Å². The van der Waals surface area contributed by atoms with E-state index in [-0.39, 0.29) is 0 Å². The molecule has 0 fully saturated rings. The second kappa shape index (κ2) is 32.5. The molecule has 0 unspecified atom stereocenters. The van der Waals surface area contributed by atoms with Crippen LogP contribution in [0.2, 0.25) is 0 Å². The van der Waals surface area contributed by atoms with E-state index in [1.807, 2.05) is 12.1 Å². The first-order valence-electron chi connectivity index (χ1n) is 47.4. The molecule has 0 spiro atoms. The Bertz CT molecular complexity index is 9860. The van der Waals surface area contributed by atoms with E-state index in [4.69, 9.17) is 38.7 Å². The number of hydrogen-bond donors (Lipinski definition) is 0. The fourth-order valence-corrected chi connectivity index (χ4v) is 21.8. The van der Waals surface area contributed by atoms with E-state index < -0.39 is 0 Å². The molecular formula is C130H78N8O2. The van der Waals surface area contributed by atoms with Crippen LogP contribution in [0, 0.1) is 0 Å². The van der Waals surface area contributed by atoms with Gasteiger partial charge in [0.1, 0.15) is 22.3 Å². The van der Waals surface area contributed by atoms with Crippen LogP contribution in [0.25, 0.3) is 288 Å². The minimum absolute atomic E-state index is 0.506. The number of hydrogen-bond acceptors (Lipinski definition) is 8. The summed E-state index contributed by atoms with van der Waals surface area (Å²) in [7, 11) is 0. The average Bonchev–Trinajstić information content (AvgIpc) is 1.57. The summed E-state index contributed by atoms with van der Waals surface area (Å²) in [5.74, 6) is 3.25. The largest absolute Gasteiger partial charge is 0.456 e. The number of fused-ring (bicyclic) bond motifs is 16. The van der Waals surface area contributed by atoms with Crippen molar-refractivity contribution < 1.29 is 8.83 Å². The van der Waals surface area contributed by atoms with E-state index in [1.54, 1.807) is 0 Å². The molecule has 28 aromatic rings. The maximum absolute atomic E-state index is 6.80. The summed E-state index contributed by atoms with van der Waals surface area (Å²) in [5, 5.41) is 17.5. The Kier molecular flexibility index (Phi) is 18.5. The van der Waals surface area contributed by atoms with E-state index >= 15 is 0 Å². The SMILES string of the molecule is c1ccc(-c2ccccc2-c2nc(-c3cc(-c4ccc(-c5cccc6c5c5cc7ccccc7cc5n6-c5ccc(-c6nc(-c7cccc8ccccc78)nc(-c7cccc8ccccc78)n6)c(-c6cccc7oc8ccccc8c67)c5)cc4)ccc3-c3ccccc3)nc(-c3ccc(-n4c5cc6ccccc6cc5c5c(-c6ccccc6)cccc54)cc3-c3cccc4oc5ccccc5c34)n2)cc1. The summed E-state index contributed by atoms with van der Waals surface area (Å²) in [6, 6.07) is 169. The van der Waals surface area contributed by atoms with Crippen molar-refractivity contribution in [2.75, 3.05) is 0 Å². The van der Waals surface area contributed by atoms with E-state index in [1.165, 1.54) is 10.8 Å². The number of aromatic nitrogens is 8. The molecular weight excluding hydrogens is 1710 g/mol. The van der Waals surface area contributed by atoms with Gasteiger partial charge in [0.25, 0.3) is 0 Å². The van der Waals surface area contributed by atoms with Crippen LogP contribution < -0.4 is 0 Å². The summed E-state index contributed by atoms with van der Waals surface area (Å²) in [4.78, 5) is 34.1. The highest BCUT2D eigenvalue weighted by molar-refractivity contribution is 6.22. The predicted molar refractivity (Wildman–Crippen MR) is 577 cm³/mol. The summed E-state index contributed by atoms with van der Waals surface area (Å²) in [6.07, 6.45) is 0. The highest BCUT2D eigenvalue weighted by Gasteiger charge is 2.29. The molecule has 22 aromatic carbocycles. The molecule has 28 rings (SSSR count). The van der Waals surface area contributed by atoms with Crippen molar-refractivity contribution >= 4 is 131 Å². The summed E-state index contributed by atoms with van der Waals surface area (Å²) < 4.78 is 18.5. The number of para-hydroxylation sites is 2. The maximum atomic E-state index is 6.80. The lowest BCUT2D eigenvalue weighted by molar-refractivity contribution is 0.668. The van der Waals surface area contributed by atoms with Gasteiger partial charge in [-0.3, -0.25) is 0 Å². The van der Waals surface area contributed by atoms with Crippen LogP contribution in [-0.2, 0) is 0 Å². The first-order valence-corrected chi connectivity index (χ1v) is 47.4. The molecule has 10 heteroatoms. The molecule has 0 saturated carbocycles. The van der Waals surface area contributed by atoms with Gasteiger partial charge in [0, 0.05) is 87.8 Å². The zero-order valence-corrected chi connectivity index (χ0v) is 75.4. The molecule has 0 N–H and O–H groups in total. The van der Waals surface area contributed by atoms with Crippen molar-refractivity contribution in [2.24, 2.45) is 0 Å². The molecule has 0 radical (unpaired) electrons. The second-order valence-corrected chi connectivity index (χ2v) is 36.2. The molecule has 0 saturated heterocycles. The smallest absolute Gasteiger partial charge is 0.164 e. The van der Waals surface area contributed by atoms with Crippen LogP contribution in [-0.4, -0.2) is 39.0 Å². The molecule has 10 nitrogen and oxygen atoms in total. The standard InChI is InChI=1S/C130H78N8O2/c1-4-30-80(31-5-1)93-46-18-19-47-101(93)125-132-129(105-71-68-91(78-109(105)100-53-29-61-120-124(100)107-49-21-23-59-118(107)140-120)137-113-56-26-50-97(84-34-8-3-9-35-84)121(113)111-73-86-38-10-12-40-88(86)75-115(111)137)136-130(135-125)110-72-90(66-69-96(110)81-32-6-2-7-33-81)79-62-64-85(65-63-79)98-51-27-57-114-122(98)112-74-87-39-11-13-41-89(87)76-116(112)138(114)92-67-70-104(108(77-92)99-52-28-60-119-123(99)106-48-20-22-58-117(106)139-119)128-133-126(102-54-24-42-82-36-14-16-44-94(82)102)131-127(134-128)103-55-25-43-83-37-15-17-45-95(83)103/h1-78H. The summed E-state index contributed by atoms with van der Waals surface area (Å²) in [6.45, 7) is 0. The zero-order valence-electron chi connectivity index (χ0n) is 75.4. The molecule has 6 aromatic heterocycles. The highest BCUT2D eigenvalue weighted by Crippen LogP contribution is 2.51.